The van der Waals surface area contributed by atoms with E-state index in [-0.39, 0.29) is 34.3 Å². The second-order valence-electron chi connectivity index (χ2n) is 6.23. The molecule has 0 atom stereocenters. The van der Waals surface area contributed by atoms with Crippen LogP contribution in [0.25, 0.3) is 0 Å². The summed E-state index contributed by atoms with van der Waals surface area (Å²) in [5.41, 5.74) is -0.301. The molecular weight excluding hydrogens is 298 g/mol. The number of carbonyl (C=O) groups excluding carboxylic acids is 2. The molecular formula is C16H15N3O4. The molecule has 7 heteroatoms. The van der Waals surface area contributed by atoms with E-state index in [1.54, 1.807) is 31.3 Å². The highest BCUT2D eigenvalue weighted by Gasteiger charge is 2.38. The van der Waals surface area contributed by atoms with Gasteiger partial charge >= 0.3 is 0 Å². The Morgan fingerprint density at radius 1 is 1.17 bits per heavy atom. The first-order chi connectivity index (χ1) is 10.7. The summed E-state index contributed by atoms with van der Waals surface area (Å²) in [5, 5.41) is 11.1. The van der Waals surface area contributed by atoms with Crippen LogP contribution in [0.1, 0.15) is 51.8 Å². The van der Waals surface area contributed by atoms with Crippen molar-refractivity contribution in [2.24, 2.45) is 7.05 Å². The second kappa shape index (κ2) is 4.84. The standard InChI is InChI=1S/C16H15N3O4/c1-16(2,19(22)23)8-11-17-12-13(18(11)3)15(21)10-7-5-4-6-9(10)14(12)20/h4-7H,8H2,1-3H3. The summed E-state index contributed by atoms with van der Waals surface area (Å²) in [6.07, 6.45) is 0.0282. The highest BCUT2D eigenvalue weighted by molar-refractivity contribution is 6.27. The number of nitrogens with zero attached hydrogens (tertiary/aromatic N) is 3. The van der Waals surface area contributed by atoms with E-state index < -0.39 is 5.54 Å². The monoisotopic (exact) mass is 313 g/mol. The quantitative estimate of drug-likeness (QED) is 0.542. The van der Waals surface area contributed by atoms with E-state index in [4.69, 9.17) is 0 Å². The van der Waals surface area contributed by atoms with Crippen LogP contribution in [0.4, 0.5) is 0 Å². The molecule has 118 valence electrons. The van der Waals surface area contributed by atoms with E-state index in [1.807, 2.05) is 0 Å². The maximum Gasteiger partial charge on any atom is 0.223 e. The molecule has 0 aliphatic heterocycles. The highest BCUT2D eigenvalue weighted by Crippen LogP contribution is 2.28. The van der Waals surface area contributed by atoms with Gasteiger partial charge in [0.15, 0.2) is 0 Å². The molecule has 1 aromatic carbocycles. The lowest BCUT2D eigenvalue weighted by Gasteiger charge is -2.16. The predicted molar refractivity (Wildman–Crippen MR) is 81.3 cm³/mol. The van der Waals surface area contributed by atoms with E-state index in [0.29, 0.717) is 17.0 Å². The summed E-state index contributed by atoms with van der Waals surface area (Å²) in [6.45, 7) is 2.97. The van der Waals surface area contributed by atoms with Gasteiger partial charge in [-0.3, -0.25) is 19.7 Å². The Morgan fingerprint density at radius 2 is 1.74 bits per heavy atom. The smallest absolute Gasteiger partial charge is 0.223 e. The van der Waals surface area contributed by atoms with Crippen molar-refractivity contribution in [3.8, 4) is 0 Å². The summed E-state index contributed by atoms with van der Waals surface area (Å²) in [6, 6.07) is 6.58. The third kappa shape index (κ3) is 2.16. The van der Waals surface area contributed by atoms with Crippen LogP contribution in [0.3, 0.4) is 0 Å². The summed E-state index contributed by atoms with van der Waals surface area (Å²) in [4.78, 5) is 40.2. The van der Waals surface area contributed by atoms with E-state index in [1.165, 1.54) is 18.4 Å². The number of imidazole rings is 1. The van der Waals surface area contributed by atoms with Gasteiger partial charge in [0, 0.05) is 36.9 Å². The Kier molecular flexibility index (Phi) is 3.17. The summed E-state index contributed by atoms with van der Waals surface area (Å²) in [5.74, 6) is -0.252. The number of hydrogen-bond donors (Lipinski definition) is 0. The molecule has 1 aliphatic rings. The predicted octanol–water partition coefficient (Wildman–Crippen LogP) is 1.79. The van der Waals surface area contributed by atoms with Gasteiger partial charge in [-0.2, -0.15) is 0 Å². The van der Waals surface area contributed by atoms with Crippen LogP contribution < -0.4 is 0 Å². The van der Waals surface area contributed by atoms with Crippen LogP contribution in [0.15, 0.2) is 24.3 Å². The van der Waals surface area contributed by atoms with Gasteiger partial charge in [-0.1, -0.05) is 24.3 Å². The lowest BCUT2D eigenvalue weighted by atomic mass is 9.90. The van der Waals surface area contributed by atoms with Gasteiger partial charge < -0.3 is 4.57 Å². The van der Waals surface area contributed by atoms with Gasteiger partial charge in [0.05, 0.1) is 6.42 Å². The van der Waals surface area contributed by atoms with Crippen LogP contribution in [-0.2, 0) is 13.5 Å². The zero-order valence-electron chi connectivity index (χ0n) is 13.0. The molecule has 1 heterocycles. The molecule has 0 saturated heterocycles. The summed E-state index contributed by atoms with van der Waals surface area (Å²) < 4.78 is 1.50. The first-order valence-electron chi connectivity index (χ1n) is 7.12. The SMILES string of the molecule is Cn1c(CC(C)(C)[N+](=O)[O-])nc2c1C(=O)c1ccccc1C2=O. The Hall–Kier alpha value is -2.83. The molecule has 2 aromatic rings. The average Bonchev–Trinajstić information content (AvgIpc) is 2.82. The van der Waals surface area contributed by atoms with Crippen molar-refractivity contribution >= 4 is 11.6 Å². The lowest BCUT2D eigenvalue weighted by Crippen LogP contribution is -2.34. The topological polar surface area (TPSA) is 95.1 Å². The fraction of sp³-hybridized carbons (Fsp3) is 0.312. The van der Waals surface area contributed by atoms with Crippen molar-refractivity contribution < 1.29 is 14.5 Å². The van der Waals surface area contributed by atoms with Crippen molar-refractivity contribution in [1.82, 2.24) is 9.55 Å². The zero-order valence-corrected chi connectivity index (χ0v) is 13.0. The molecule has 0 N–H and O–H groups in total. The average molecular weight is 313 g/mol. The van der Waals surface area contributed by atoms with Crippen molar-refractivity contribution in [2.45, 2.75) is 25.8 Å². The number of benzene rings is 1. The maximum atomic E-state index is 12.6. The van der Waals surface area contributed by atoms with Gasteiger partial charge in [0.2, 0.25) is 17.1 Å². The second-order valence-corrected chi connectivity index (χ2v) is 6.23. The molecule has 0 unspecified atom stereocenters. The molecule has 3 rings (SSSR count). The van der Waals surface area contributed by atoms with E-state index in [9.17, 15) is 19.7 Å². The van der Waals surface area contributed by atoms with Crippen LogP contribution in [0.5, 0.6) is 0 Å². The first-order valence-corrected chi connectivity index (χ1v) is 7.12. The van der Waals surface area contributed by atoms with E-state index in [0.717, 1.165) is 0 Å². The van der Waals surface area contributed by atoms with Crippen molar-refractivity contribution in [1.29, 1.82) is 0 Å². The molecule has 1 aromatic heterocycles. The highest BCUT2D eigenvalue weighted by atomic mass is 16.6. The third-order valence-electron chi connectivity index (χ3n) is 4.12. The Bertz CT molecular complexity index is 864. The fourth-order valence-corrected chi connectivity index (χ4v) is 2.71. The Morgan fingerprint density at radius 3 is 2.30 bits per heavy atom. The summed E-state index contributed by atoms with van der Waals surface area (Å²) in [7, 11) is 1.61. The van der Waals surface area contributed by atoms with E-state index >= 15 is 0 Å². The van der Waals surface area contributed by atoms with E-state index in [2.05, 4.69) is 4.98 Å². The molecule has 0 fully saturated rings. The lowest BCUT2D eigenvalue weighted by molar-refractivity contribution is -0.560. The van der Waals surface area contributed by atoms with Crippen molar-refractivity contribution in [3.05, 3.63) is 62.7 Å². The number of carbonyl (C=O) groups is 2. The minimum absolute atomic E-state index is 0.0282. The van der Waals surface area contributed by atoms with Crippen molar-refractivity contribution in [2.75, 3.05) is 0 Å². The number of rotatable bonds is 3. The normalized spacial score (nSPS) is 13.7. The minimum atomic E-state index is -1.24. The first kappa shape index (κ1) is 15.1. The van der Waals surface area contributed by atoms with Gasteiger partial charge in [0.1, 0.15) is 17.2 Å². The van der Waals surface area contributed by atoms with Crippen LogP contribution in [0.2, 0.25) is 0 Å². The number of nitro groups is 1. The number of ketones is 2. The number of fused-ring (bicyclic) bond motifs is 2. The van der Waals surface area contributed by atoms with Gasteiger partial charge in [-0.05, 0) is 0 Å². The third-order valence-corrected chi connectivity index (χ3v) is 4.12. The molecule has 0 bridgehead atoms. The van der Waals surface area contributed by atoms with Gasteiger partial charge in [-0.15, -0.1) is 0 Å². The van der Waals surface area contributed by atoms with Crippen LogP contribution in [0, 0.1) is 10.1 Å². The van der Waals surface area contributed by atoms with Crippen LogP contribution in [-0.4, -0.2) is 31.6 Å². The van der Waals surface area contributed by atoms with Gasteiger partial charge in [-0.25, -0.2) is 4.98 Å². The molecule has 0 spiro atoms. The maximum absolute atomic E-state index is 12.6. The Balaban J connectivity index is 2.13. The fourth-order valence-electron chi connectivity index (χ4n) is 2.71. The molecule has 0 amide bonds. The molecule has 7 nitrogen and oxygen atoms in total. The Labute approximate surface area is 132 Å². The zero-order chi connectivity index (χ0) is 16.9. The number of aromatic nitrogens is 2. The largest absolute Gasteiger partial charge is 0.328 e. The summed E-state index contributed by atoms with van der Waals surface area (Å²) >= 11 is 0. The molecule has 1 aliphatic carbocycles. The molecule has 0 saturated carbocycles. The van der Waals surface area contributed by atoms with Gasteiger partial charge in [0.25, 0.3) is 0 Å². The molecule has 0 radical (unpaired) electrons. The van der Waals surface area contributed by atoms with Crippen molar-refractivity contribution in [3.63, 3.8) is 0 Å². The minimum Gasteiger partial charge on any atom is -0.328 e. The number of hydrogen-bond acceptors (Lipinski definition) is 5. The molecule has 23 heavy (non-hydrogen) atoms. The van der Waals surface area contributed by atoms with Crippen LogP contribution >= 0.6 is 0 Å².